The van der Waals surface area contributed by atoms with Crippen LogP contribution in [0.5, 0.6) is 34.5 Å². The van der Waals surface area contributed by atoms with Gasteiger partial charge in [-0.1, -0.05) is 0 Å². The van der Waals surface area contributed by atoms with Crippen LogP contribution in [-0.2, 0) is 0 Å². The highest BCUT2D eigenvalue weighted by Gasteiger charge is 2.26. The molecule has 1 aromatic heterocycles. The quantitative estimate of drug-likeness (QED) is 0.491. The van der Waals surface area contributed by atoms with Crippen molar-refractivity contribution in [3.8, 4) is 45.8 Å². The lowest BCUT2D eigenvalue weighted by Gasteiger charge is -2.09. The predicted molar refractivity (Wildman–Crippen MR) is 85.8 cm³/mol. The van der Waals surface area contributed by atoms with Crippen molar-refractivity contribution in [1.29, 1.82) is 0 Å². The third-order valence-electron chi connectivity index (χ3n) is 3.57. The molecule has 0 bridgehead atoms. The molecule has 0 atom stereocenters. The van der Waals surface area contributed by atoms with Crippen LogP contribution >= 0.6 is 0 Å². The molecule has 0 aliphatic rings. The molecule has 0 saturated heterocycles. The highest BCUT2D eigenvalue weighted by atomic mass is 35.5. The molecule has 3 rings (SSSR count). The van der Waals surface area contributed by atoms with Crippen LogP contribution in [0.1, 0.15) is 0 Å². The van der Waals surface area contributed by atoms with Crippen LogP contribution < -0.4 is 21.9 Å². The Morgan fingerprint density at radius 2 is 1.40 bits per heavy atom. The van der Waals surface area contributed by atoms with Crippen molar-refractivity contribution in [2.75, 3.05) is 14.2 Å². The lowest BCUT2D eigenvalue weighted by molar-refractivity contribution is -0.00000966. The van der Waals surface area contributed by atoms with E-state index in [2.05, 4.69) is 0 Å². The van der Waals surface area contributed by atoms with Gasteiger partial charge < -0.3 is 42.3 Å². The first-order valence-electron chi connectivity index (χ1n) is 6.91. The van der Waals surface area contributed by atoms with E-state index in [0.29, 0.717) is 5.56 Å². The fraction of sp³-hybridized carbons (Fsp3) is 0.118. The normalized spacial score (nSPS) is 10.3. The Morgan fingerprint density at radius 3 is 1.96 bits per heavy atom. The minimum Gasteiger partial charge on any atom is -1.00 e. The zero-order chi connectivity index (χ0) is 17.4. The monoisotopic (exact) mass is 366 g/mol. The molecule has 3 aromatic rings. The van der Waals surface area contributed by atoms with Gasteiger partial charge >= 0.3 is 11.3 Å². The summed E-state index contributed by atoms with van der Waals surface area (Å²) in [6.07, 6.45) is 0. The number of hydrogen-bond donors (Lipinski definition) is 4. The minimum absolute atomic E-state index is 0. The molecule has 0 radical (unpaired) electrons. The summed E-state index contributed by atoms with van der Waals surface area (Å²) < 4.78 is 15.8. The zero-order valence-electron chi connectivity index (χ0n) is 13.3. The van der Waals surface area contributed by atoms with E-state index >= 15 is 0 Å². The average Bonchev–Trinajstić information content (AvgIpc) is 2.55. The number of phenols is 3. The summed E-state index contributed by atoms with van der Waals surface area (Å²) in [6, 6.07) is 6.70. The molecule has 0 unspecified atom stereocenters. The van der Waals surface area contributed by atoms with Gasteiger partial charge in [0.1, 0.15) is 16.9 Å². The molecule has 0 spiro atoms. The minimum atomic E-state index is -0.238. The van der Waals surface area contributed by atoms with Crippen LogP contribution in [0, 0.1) is 0 Å². The molecule has 0 aliphatic carbocycles. The highest BCUT2D eigenvalue weighted by Crippen LogP contribution is 2.44. The average molecular weight is 367 g/mol. The number of fused-ring (bicyclic) bond motifs is 1. The fourth-order valence-corrected chi connectivity index (χ4v) is 2.42. The van der Waals surface area contributed by atoms with E-state index in [9.17, 15) is 20.4 Å². The third-order valence-corrected chi connectivity index (χ3v) is 3.57. The highest BCUT2D eigenvalue weighted by molar-refractivity contribution is 5.88. The summed E-state index contributed by atoms with van der Waals surface area (Å²) >= 11 is 0. The van der Waals surface area contributed by atoms with Crippen molar-refractivity contribution < 1.29 is 46.7 Å². The number of ether oxygens (including phenoxy) is 2. The molecule has 2 aromatic carbocycles. The van der Waals surface area contributed by atoms with Gasteiger partial charge in [-0.2, -0.15) is 0 Å². The van der Waals surface area contributed by atoms with E-state index in [1.165, 1.54) is 38.5 Å². The van der Waals surface area contributed by atoms with E-state index in [-0.39, 0.29) is 63.6 Å². The summed E-state index contributed by atoms with van der Waals surface area (Å²) in [5.74, 6) is -0.491. The van der Waals surface area contributed by atoms with E-state index in [4.69, 9.17) is 13.9 Å². The predicted octanol–water partition coefficient (Wildman–Crippen LogP) is 0.225. The Bertz CT molecular complexity index is 915. The summed E-state index contributed by atoms with van der Waals surface area (Å²) in [7, 11) is 2.76. The Balaban J connectivity index is 0.00000225. The standard InChI is InChI=1S/C17H14O7.ClH/c1-22-14-3-8(4-15(23-2)16(14)21)17-12(20)7-10-11(19)5-9(18)6-13(10)24-17;/h3-7H,1-2H3,(H3-,18,19,20,21);1H. The summed E-state index contributed by atoms with van der Waals surface area (Å²) in [4.78, 5) is 0. The number of aromatic hydroxyl groups is 4. The van der Waals surface area contributed by atoms with Crippen LogP contribution in [0.2, 0.25) is 0 Å². The Labute approximate surface area is 148 Å². The number of rotatable bonds is 3. The van der Waals surface area contributed by atoms with Gasteiger partial charge in [-0.05, 0) is 0 Å². The zero-order valence-corrected chi connectivity index (χ0v) is 14.0. The molecule has 0 aliphatic heterocycles. The van der Waals surface area contributed by atoms with Crippen molar-refractivity contribution in [1.82, 2.24) is 0 Å². The molecule has 0 saturated carbocycles. The second kappa shape index (κ2) is 6.82. The molecular weight excluding hydrogens is 352 g/mol. The lowest BCUT2D eigenvalue weighted by atomic mass is 10.1. The molecular formula is C17H15ClO7. The van der Waals surface area contributed by atoms with Gasteiger partial charge in [-0.15, -0.1) is 0 Å². The number of benzene rings is 2. The van der Waals surface area contributed by atoms with Crippen molar-refractivity contribution in [3.63, 3.8) is 0 Å². The first kappa shape index (κ1) is 18.3. The van der Waals surface area contributed by atoms with Gasteiger partial charge in [-0.3, -0.25) is 0 Å². The molecule has 25 heavy (non-hydrogen) atoms. The van der Waals surface area contributed by atoms with E-state index in [0.717, 1.165) is 6.07 Å². The van der Waals surface area contributed by atoms with Gasteiger partial charge in [0, 0.05) is 24.3 Å². The molecule has 4 N–H and O–H groups in total. The maximum absolute atomic E-state index is 10.2. The van der Waals surface area contributed by atoms with Crippen LogP contribution in [0.15, 0.2) is 34.7 Å². The smallest absolute Gasteiger partial charge is 0.402 e. The molecule has 0 amide bonds. The van der Waals surface area contributed by atoms with Gasteiger partial charge in [-0.25, -0.2) is 4.42 Å². The molecule has 132 valence electrons. The van der Waals surface area contributed by atoms with E-state index in [1.807, 2.05) is 0 Å². The van der Waals surface area contributed by atoms with Gasteiger partial charge in [0.05, 0.1) is 25.8 Å². The van der Waals surface area contributed by atoms with Gasteiger partial charge in [0.25, 0.3) is 0 Å². The fourth-order valence-electron chi connectivity index (χ4n) is 2.42. The molecule has 8 heteroatoms. The van der Waals surface area contributed by atoms with Crippen molar-refractivity contribution >= 4 is 11.0 Å². The van der Waals surface area contributed by atoms with E-state index in [1.54, 1.807) is 0 Å². The van der Waals surface area contributed by atoms with Crippen LogP contribution in [0.4, 0.5) is 0 Å². The van der Waals surface area contributed by atoms with Crippen LogP contribution in [0.25, 0.3) is 22.3 Å². The van der Waals surface area contributed by atoms with Gasteiger partial charge in [0.15, 0.2) is 11.5 Å². The molecule has 1 heterocycles. The van der Waals surface area contributed by atoms with Crippen molar-refractivity contribution in [2.45, 2.75) is 0 Å². The Hall–Kier alpha value is -3.06. The summed E-state index contributed by atoms with van der Waals surface area (Å²) in [5.41, 5.74) is 0.551. The molecule has 7 nitrogen and oxygen atoms in total. The molecule has 0 fully saturated rings. The number of phenolic OH excluding ortho intramolecular Hbond substituents is 3. The second-order valence-electron chi connectivity index (χ2n) is 5.07. The topological polar surface area (TPSA) is 111 Å². The van der Waals surface area contributed by atoms with Crippen LogP contribution in [0.3, 0.4) is 0 Å². The van der Waals surface area contributed by atoms with Crippen molar-refractivity contribution in [3.05, 3.63) is 30.3 Å². The summed E-state index contributed by atoms with van der Waals surface area (Å²) in [6.45, 7) is 0. The number of methoxy groups -OCH3 is 2. The maximum Gasteiger partial charge on any atom is 0.402 e. The maximum atomic E-state index is 10.2. The van der Waals surface area contributed by atoms with Gasteiger partial charge in [0.2, 0.25) is 11.5 Å². The number of halogens is 1. The Kier molecular flexibility index (Phi) is 4.99. The Morgan fingerprint density at radius 1 is 0.800 bits per heavy atom. The number of hydrogen-bond acceptors (Lipinski definition) is 6. The summed E-state index contributed by atoms with van der Waals surface area (Å²) in [5, 5.41) is 39.9. The first-order valence-corrected chi connectivity index (χ1v) is 6.91. The first-order chi connectivity index (χ1) is 11.4. The van der Waals surface area contributed by atoms with Crippen LogP contribution in [-0.4, -0.2) is 34.6 Å². The van der Waals surface area contributed by atoms with E-state index < -0.39 is 0 Å². The third kappa shape index (κ3) is 3.14. The SMILES string of the molecule is COc1cc(-c2[o+]c3cc(O)cc(O)c3cc2O)cc(OC)c1O.[Cl-]. The second-order valence-corrected chi connectivity index (χ2v) is 5.07. The largest absolute Gasteiger partial charge is 1.00 e. The lowest BCUT2D eigenvalue weighted by Crippen LogP contribution is -3.00. The van der Waals surface area contributed by atoms with Crippen molar-refractivity contribution in [2.24, 2.45) is 0 Å².